The van der Waals surface area contributed by atoms with Crippen molar-refractivity contribution in [1.29, 1.82) is 0 Å². The molecule has 0 saturated heterocycles. The lowest BCUT2D eigenvalue weighted by Gasteiger charge is -2.21. The zero-order chi connectivity index (χ0) is 8.20. The van der Waals surface area contributed by atoms with Gasteiger partial charge in [-0.15, -0.1) is 0 Å². The van der Waals surface area contributed by atoms with E-state index in [0.29, 0.717) is 5.41 Å². The number of hydrogen-bond donors (Lipinski definition) is 0. The molecule has 1 atom stereocenters. The van der Waals surface area contributed by atoms with E-state index in [4.69, 9.17) is 12.2 Å². The minimum atomic E-state index is 0.456. The summed E-state index contributed by atoms with van der Waals surface area (Å²) < 4.78 is 0. The SMILES string of the molecule is CC(CC=S)CC(C)(C)C. The molecule has 0 aliphatic rings. The lowest BCUT2D eigenvalue weighted by molar-refractivity contribution is 0.313. The van der Waals surface area contributed by atoms with Crippen molar-refractivity contribution < 1.29 is 0 Å². The van der Waals surface area contributed by atoms with Crippen LogP contribution in [-0.4, -0.2) is 5.37 Å². The van der Waals surface area contributed by atoms with Gasteiger partial charge in [0.25, 0.3) is 0 Å². The Labute approximate surface area is 70.0 Å². The first kappa shape index (κ1) is 10.1. The van der Waals surface area contributed by atoms with E-state index in [2.05, 4.69) is 27.7 Å². The predicted molar refractivity (Wildman–Crippen MR) is 51.5 cm³/mol. The van der Waals surface area contributed by atoms with Gasteiger partial charge in [-0.05, 0) is 29.5 Å². The highest BCUT2D eigenvalue weighted by atomic mass is 32.1. The highest BCUT2D eigenvalue weighted by Crippen LogP contribution is 2.25. The molecule has 0 bridgehead atoms. The topological polar surface area (TPSA) is 0 Å². The molecule has 0 saturated carbocycles. The van der Waals surface area contributed by atoms with Crippen LogP contribution in [-0.2, 0) is 0 Å². The molecule has 0 heterocycles. The van der Waals surface area contributed by atoms with Crippen molar-refractivity contribution in [1.82, 2.24) is 0 Å². The summed E-state index contributed by atoms with van der Waals surface area (Å²) in [6.45, 7) is 9.07. The van der Waals surface area contributed by atoms with E-state index in [1.807, 2.05) is 5.37 Å². The maximum absolute atomic E-state index is 4.79. The average molecular weight is 158 g/mol. The van der Waals surface area contributed by atoms with Crippen LogP contribution in [0.15, 0.2) is 0 Å². The molecule has 0 aliphatic heterocycles. The Morgan fingerprint density at radius 3 is 2.20 bits per heavy atom. The first-order chi connectivity index (χ1) is 4.45. The minimum absolute atomic E-state index is 0.456. The highest BCUT2D eigenvalue weighted by molar-refractivity contribution is 7.78. The molecule has 0 fully saturated rings. The Morgan fingerprint density at radius 1 is 1.40 bits per heavy atom. The van der Waals surface area contributed by atoms with E-state index >= 15 is 0 Å². The Balaban J connectivity index is 3.56. The van der Waals surface area contributed by atoms with Gasteiger partial charge >= 0.3 is 0 Å². The molecule has 10 heavy (non-hydrogen) atoms. The second-order valence-corrected chi connectivity index (χ2v) is 4.61. The third-order valence-corrected chi connectivity index (χ3v) is 1.65. The predicted octanol–water partition coefficient (Wildman–Crippen LogP) is 3.45. The third kappa shape index (κ3) is 6.21. The van der Waals surface area contributed by atoms with Gasteiger partial charge in [0.1, 0.15) is 0 Å². The Morgan fingerprint density at radius 2 is 1.90 bits per heavy atom. The van der Waals surface area contributed by atoms with Crippen molar-refractivity contribution in [2.75, 3.05) is 0 Å². The molecule has 0 aromatic heterocycles. The van der Waals surface area contributed by atoms with E-state index in [1.165, 1.54) is 6.42 Å². The summed E-state index contributed by atoms with van der Waals surface area (Å²) in [4.78, 5) is 0. The number of hydrogen-bond acceptors (Lipinski definition) is 1. The molecule has 60 valence electrons. The fraction of sp³-hybridized carbons (Fsp3) is 0.889. The van der Waals surface area contributed by atoms with Crippen molar-refractivity contribution in [3.63, 3.8) is 0 Å². The molecule has 0 rings (SSSR count). The van der Waals surface area contributed by atoms with Gasteiger partial charge in [0.2, 0.25) is 0 Å². The summed E-state index contributed by atoms with van der Waals surface area (Å²) >= 11 is 4.79. The molecule has 0 aliphatic carbocycles. The lowest BCUT2D eigenvalue weighted by atomic mass is 9.84. The van der Waals surface area contributed by atoms with Gasteiger partial charge in [0.15, 0.2) is 0 Å². The quantitative estimate of drug-likeness (QED) is 0.567. The van der Waals surface area contributed by atoms with Gasteiger partial charge in [-0.25, -0.2) is 0 Å². The summed E-state index contributed by atoms with van der Waals surface area (Å²) in [5.74, 6) is 0.748. The van der Waals surface area contributed by atoms with E-state index in [0.717, 1.165) is 12.3 Å². The van der Waals surface area contributed by atoms with Crippen LogP contribution in [0.2, 0.25) is 0 Å². The highest BCUT2D eigenvalue weighted by Gasteiger charge is 2.13. The maximum Gasteiger partial charge on any atom is -0.0208 e. The molecule has 0 aromatic rings. The average Bonchev–Trinajstić information content (AvgIpc) is 1.59. The van der Waals surface area contributed by atoms with Crippen molar-refractivity contribution in [3.05, 3.63) is 0 Å². The number of thiocarbonyl (C=S) groups is 1. The van der Waals surface area contributed by atoms with Crippen LogP contribution in [0.1, 0.15) is 40.5 Å². The maximum atomic E-state index is 4.79. The van der Waals surface area contributed by atoms with Crippen LogP contribution in [0.5, 0.6) is 0 Å². The summed E-state index contributed by atoms with van der Waals surface area (Å²) in [6.07, 6.45) is 2.34. The monoisotopic (exact) mass is 158 g/mol. The second kappa shape index (κ2) is 4.07. The summed E-state index contributed by atoms with van der Waals surface area (Å²) in [5, 5.41) is 1.84. The summed E-state index contributed by atoms with van der Waals surface area (Å²) in [6, 6.07) is 0. The van der Waals surface area contributed by atoms with Crippen LogP contribution < -0.4 is 0 Å². The van der Waals surface area contributed by atoms with Crippen LogP contribution in [0, 0.1) is 11.3 Å². The summed E-state index contributed by atoms with van der Waals surface area (Å²) in [5.41, 5.74) is 0.456. The second-order valence-electron chi connectivity index (χ2n) is 4.27. The van der Waals surface area contributed by atoms with Gasteiger partial charge in [-0.3, -0.25) is 0 Å². The van der Waals surface area contributed by atoms with E-state index in [-0.39, 0.29) is 0 Å². The largest absolute Gasteiger partial charge is 0.0935 e. The molecule has 1 unspecified atom stereocenters. The molecular weight excluding hydrogens is 140 g/mol. The normalized spacial score (nSPS) is 14.8. The molecule has 0 nitrogen and oxygen atoms in total. The van der Waals surface area contributed by atoms with Gasteiger partial charge in [-0.1, -0.05) is 39.9 Å². The van der Waals surface area contributed by atoms with Crippen molar-refractivity contribution in [2.24, 2.45) is 11.3 Å². The Kier molecular flexibility index (Phi) is 4.11. The Hall–Kier alpha value is 0.0900. The molecule has 0 N–H and O–H groups in total. The molecule has 1 heteroatoms. The van der Waals surface area contributed by atoms with E-state index in [1.54, 1.807) is 0 Å². The van der Waals surface area contributed by atoms with Gasteiger partial charge in [-0.2, -0.15) is 0 Å². The molecule has 0 spiro atoms. The van der Waals surface area contributed by atoms with Crippen LogP contribution in [0.3, 0.4) is 0 Å². The summed E-state index contributed by atoms with van der Waals surface area (Å²) in [7, 11) is 0. The van der Waals surface area contributed by atoms with Crippen LogP contribution in [0.25, 0.3) is 0 Å². The fourth-order valence-electron chi connectivity index (χ4n) is 1.29. The van der Waals surface area contributed by atoms with Crippen LogP contribution in [0.4, 0.5) is 0 Å². The molecule has 0 amide bonds. The van der Waals surface area contributed by atoms with Crippen molar-refractivity contribution >= 4 is 17.6 Å². The minimum Gasteiger partial charge on any atom is -0.0935 e. The first-order valence-corrected chi connectivity index (χ1v) is 4.36. The van der Waals surface area contributed by atoms with Gasteiger partial charge < -0.3 is 0 Å². The first-order valence-electron chi connectivity index (χ1n) is 3.89. The molecule has 0 aromatic carbocycles. The van der Waals surface area contributed by atoms with Crippen molar-refractivity contribution in [2.45, 2.75) is 40.5 Å². The van der Waals surface area contributed by atoms with Gasteiger partial charge in [0.05, 0.1) is 0 Å². The molecular formula is C9H18S. The smallest absolute Gasteiger partial charge is 0.0208 e. The fourth-order valence-corrected chi connectivity index (χ4v) is 1.62. The van der Waals surface area contributed by atoms with E-state index < -0.39 is 0 Å². The van der Waals surface area contributed by atoms with Crippen molar-refractivity contribution in [3.8, 4) is 0 Å². The zero-order valence-electron chi connectivity index (χ0n) is 7.48. The lowest BCUT2D eigenvalue weighted by Crippen LogP contribution is -2.10. The standard InChI is InChI=1S/C9H18S/c1-8(5-6-10)7-9(2,3)4/h6,8H,5,7H2,1-4H3. The van der Waals surface area contributed by atoms with E-state index in [9.17, 15) is 0 Å². The Bertz CT molecular complexity index is 99.8. The van der Waals surface area contributed by atoms with Gasteiger partial charge in [0, 0.05) is 0 Å². The zero-order valence-corrected chi connectivity index (χ0v) is 8.29. The third-order valence-electron chi connectivity index (χ3n) is 1.46. The van der Waals surface area contributed by atoms with Crippen LogP contribution >= 0.6 is 12.2 Å². The number of rotatable bonds is 3. The molecule has 0 radical (unpaired) electrons.